The summed E-state index contributed by atoms with van der Waals surface area (Å²) in [6.45, 7) is 1.64. The summed E-state index contributed by atoms with van der Waals surface area (Å²) in [5, 5.41) is 0.524. The average molecular weight is 215 g/mol. The topological polar surface area (TPSA) is 26.3 Å². The number of rotatable bonds is 3. The highest BCUT2D eigenvalue weighted by Crippen LogP contribution is 2.00. The van der Waals surface area contributed by atoms with E-state index in [1.807, 2.05) is 0 Å². The number of halogens is 2. The van der Waals surface area contributed by atoms with Gasteiger partial charge < -0.3 is 4.74 Å². The molecule has 1 atom stereocenters. The van der Waals surface area contributed by atoms with Gasteiger partial charge in [0.1, 0.15) is 6.61 Å². The van der Waals surface area contributed by atoms with Crippen molar-refractivity contribution < 1.29 is 9.53 Å². The molecule has 0 N–H and O–H groups in total. The fourth-order valence-corrected chi connectivity index (χ4v) is 0.502. The molecule has 9 heavy (non-hydrogen) atoms. The van der Waals surface area contributed by atoms with Crippen LogP contribution in [-0.2, 0) is 9.53 Å². The van der Waals surface area contributed by atoms with E-state index < -0.39 is 0 Å². The lowest BCUT2D eigenvalue weighted by Crippen LogP contribution is -2.12. The number of hydrogen-bond donors (Lipinski definition) is 0. The minimum Gasteiger partial charge on any atom is -0.464 e. The first-order valence-electron chi connectivity index (χ1n) is 2.50. The van der Waals surface area contributed by atoms with Crippen molar-refractivity contribution in [3.05, 3.63) is 0 Å². The molecule has 0 aliphatic heterocycles. The van der Waals surface area contributed by atoms with Crippen molar-refractivity contribution in [2.24, 2.45) is 0 Å². The van der Waals surface area contributed by atoms with Gasteiger partial charge in [-0.1, -0.05) is 15.9 Å². The lowest BCUT2D eigenvalue weighted by atomic mass is 10.5. The van der Waals surface area contributed by atoms with Crippen LogP contribution < -0.4 is 0 Å². The van der Waals surface area contributed by atoms with E-state index in [1.54, 1.807) is 0 Å². The molecule has 4 heteroatoms. The number of carbonyl (C=O) groups excluding carboxylic acids is 1. The van der Waals surface area contributed by atoms with Gasteiger partial charge in [-0.2, -0.15) is 0 Å². The Kier molecular flexibility index (Phi) is 5.19. The average Bonchev–Trinajstić information content (AvgIpc) is 1.83. The van der Waals surface area contributed by atoms with Crippen molar-refractivity contribution >= 4 is 33.5 Å². The maximum Gasteiger partial charge on any atom is 0.302 e. The van der Waals surface area contributed by atoms with Gasteiger partial charge in [0.2, 0.25) is 0 Å². The third-order valence-electron chi connectivity index (χ3n) is 0.635. The molecule has 0 aromatic rings. The van der Waals surface area contributed by atoms with Crippen molar-refractivity contribution in [2.45, 2.75) is 12.3 Å². The molecule has 0 saturated carbocycles. The van der Waals surface area contributed by atoms with E-state index in [0.717, 1.165) is 0 Å². The van der Waals surface area contributed by atoms with Crippen LogP contribution in [0.2, 0.25) is 0 Å². The Morgan fingerprint density at radius 2 is 2.44 bits per heavy atom. The van der Waals surface area contributed by atoms with Gasteiger partial charge in [-0.3, -0.25) is 4.79 Å². The smallest absolute Gasteiger partial charge is 0.302 e. The van der Waals surface area contributed by atoms with E-state index in [-0.39, 0.29) is 18.0 Å². The lowest BCUT2D eigenvalue weighted by Gasteiger charge is -2.03. The van der Waals surface area contributed by atoms with Gasteiger partial charge in [-0.15, -0.1) is 11.6 Å². The Balaban J connectivity index is 3.16. The Bertz CT molecular complexity index is 97.0. The molecule has 0 aliphatic rings. The van der Waals surface area contributed by atoms with Crippen LogP contribution in [0, 0.1) is 0 Å². The zero-order valence-electron chi connectivity index (χ0n) is 5.06. The van der Waals surface area contributed by atoms with Crippen molar-refractivity contribution in [3.63, 3.8) is 0 Å². The highest BCUT2D eigenvalue weighted by atomic mass is 79.9. The standard InChI is InChI=1S/C5H8BrClO2/c1-4(8)9-3-5(7)2-6/h5H,2-3H2,1H3. The third-order valence-corrected chi connectivity index (χ3v) is 2.07. The first-order valence-corrected chi connectivity index (χ1v) is 4.06. The SMILES string of the molecule is CC(=O)OCC(Cl)CBr. The van der Waals surface area contributed by atoms with E-state index in [4.69, 9.17) is 11.6 Å². The van der Waals surface area contributed by atoms with Crippen molar-refractivity contribution in [2.75, 3.05) is 11.9 Å². The van der Waals surface area contributed by atoms with Crippen LogP contribution in [0.5, 0.6) is 0 Å². The Hall–Kier alpha value is 0.240. The van der Waals surface area contributed by atoms with Gasteiger partial charge >= 0.3 is 5.97 Å². The Morgan fingerprint density at radius 1 is 1.89 bits per heavy atom. The fourth-order valence-electron chi connectivity index (χ4n) is 0.252. The maximum atomic E-state index is 10.2. The van der Waals surface area contributed by atoms with Crippen LogP contribution in [0.1, 0.15) is 6.92 Å². The predicted octanol–water partition coefficient (Wildman–Crippen LogP) is 1.55. The van der Waals surface area contributed by atoms with Crippen molar-refractivity contribution in [3.8, 4) is 0 Å². The van der Waals surface area contributed by atoms with Crippen LogP contribution in [0.15, 0.2) is 0 Å². The lowest BCUT2D eigenvalue weighted by molar-refractivity contribution is -0.140. The fraction of sp³-hybridized carbons (Fsp3) is 0.800. The van der Waals surface area contributed by atoms with Crippen LogP contribution in [0.25, 0.3) is 0 Å². The summed E-state index contributed by atoms with van der Waals surface area (Å²) in [6, 6.07) is 0. The molecule has 54 valence electrons. The number of esters is 1. The summed E-state index contributed by atoms with van der Waals surface area (Å²) in [5.41, 5.74) is 0. The van der Waals surface area contributed by atoms with Crippen molar-refractivity contribution in [1.29, 1.82) is 0 Å². The number of hydrogen-bond acceptors (Lipinski definition) is 2. The first kappa shape index (κ1) is 9.24. The van der Waals surface area contributed by atoms with Gasteiger partial charge in [0.05, 0.1) is 5.38 Å². The van der Waals surface area contributed by atoms with E-state index in [2.05, 4.69) is 20.7 Å². The second-order valence-corrected chi connectivity index (χ2v) is 2.82. The summed E-state index contributed by atoms with van der Waals surface area (Å²) in [5.74, 6) is -0.290. The second kappa shape index (κ2) is 5.06. The molecule has 0 aliphatic carbocycles. The van der Waals surface area contributed by atoms with Crippen LogP contribution >= 0.6 is 27.5 Å². The molecule has 0 bridgehead atoms. The second-order valence-electron chi connectivity index (χ2n) is 1.55. The molecule has 0 fully saturated rings. The van der Waals surface area contributed by atoms with Crippen LogP contribution in [0.3, 0.4) is 0 Å². The van der Waals surface area contributed by atoms with Crippen LogP contribution in [-0.4, -0.2) is 23.3 Å². The maximum absolute atomic E-state index is 10.2. The summed E-state index contributed by atoms with van der Waals surface area (Å²) >= 11 is 8.73. The molecule has 0 amide bonds. The number of ether oxygens (including phenoxy) is 1. The highest BCUT2D eigenvalue weighted by molar-refractivity contribution is 9.09. The Morgan fingerprint density at radius 3 is 2.78 bits per heavy atom. The molecule has 1 unspecified atom stereocenters. The van der Waals surface area contributed by atoms with Gasteiger partial charge in [-0.25, -0.2) is 0 Å². The van der Waals surface area contributed by atoms with Gasteiger partial charge in [0.15, 0.2) is 0 Å². The quantitative estimate of drug-likeness (QED) is 0.527. The molecule has 0 rings (SSSR count). The van der Waals surface area contributed by atoms with Crippen LogP contribution in [0.4, 0.5) is 0 Å². The number of carbonyl (C=O) groups is 1. The molecule has 0 spiro atoms. The Labute approximate surface area is 67.6 Å². The van der Waals surface area contributed by atoms with Gasteiger partial charge in [0, 0.05) is 12.3 Å². The zero-order valence-corrected chi connectivity index (χ0v) is 7.41. The predicted molar refractivity (Wildman–Crippen MR) is 40.1 cm³/mol. The summed E-state index contributed by atoms with van der Waals surface area (Å²) in [7, 11) is 0. The minimum absolute atomic E-state index is 0.117. The van der Waals surface area contributed by atoms with E-state index in [9.17, 15) is 4.79 Å². The van der Waals surface area contributed by atoms with Crippen molar-refractivity contribution in [1.82, 2.24) is 0 Å². The van der Waals surface area contributed by atoms with Gasteiger partial charge in [0.25, 0.3) is 0 Å². The molecule has 0 aromatic heterocycles. The minimum atomic E-state index is -0.290. The number of alkyl halides is 2. The molecular weight excluding hydrogens is 207 g/mol. The normalized spacial score (nSPS) is 12.8. The third kappa shape index (κ3) is 6.12. The van der Waals surface area contributed by atoms with E-state index >= 15 is 0 Å². The molecule has 0 aromatic carbocycles. The zero-order chi connectivity index (χ0) is 7.28. The summed E-state index contributed by atoms with van der Waals surface area (Å²) < 4.78 is 4.59. The molecule has 0 saturated heterocycles. The summed E-state index contributed by atoms with van der Waals surface area (Å²) in [4.78, 5) is 10.2. The van der Waals surface area contributed by atoms with E-state index in [1.165, 1.54) is 6.92 Å². The first-order chi connectivity index (χ1) is 4.16. The molecule has 0 radical (unpaired) electrons. The monoisotopic (exact) mass is 214 g/mol. The highest BCUT2D eigenvalue weighted by Gasteiger charge is 2.02. The molecule has 0 heterocycles. The van der Waals surface area contributed by atoms with Gasteiger partial charge in [-0.05, 0) is 0 Å². The molecule has 2 nitrogen and oxygen atoms in total. The van der Waals surface area contributed by atoms with E-state index in [0.29, 0.717) is 5.33 Å². The largest absolute Gasteiger partial charge is 0.464 e. The summed E-state index contributed by atoms with van der Waals surface area (Å²) in [6.07, 6.45) is 0. The molecular formula is C5H8BrClO2.